The van der Waals surface area contributed by atoms with E-state index in [0.29, 0.717) is 24.8 Å². The number of aliphatic imine (C=N–C) groups is 1. The molecule has 2 rings (SSSR count). The second-order valence-corrected chi connectivity index (χ2v) is 7.97. The SMILES string of the molecule is CCNC(=NCC1CN(CC(C)C)CCO1)N1CCCC(CC(N)=O)C1. The highest BCUT2D eigenvalue weighted by Gasteiger charge is 2.25. The summed E-state index contributed by atoms with van der Waals surface area (Å²) < 4.78 is 5.92. The number of piperidine rings is 1. The molecule has 0 saturated carbocycles. The topological polar surface area (TPSA) is 83.2 Å². The number of guanidine groups is 1. The van der Waals surface area contributed by atoms with E-state index in [9.17, 15) is 4.79 Å². The van der Waals surface area contributed by atoms with E-state index in [1.54, 1.807) is 0 Å². The highest BCUT2D eigenvalue weighted by Crippen LogP contribution is 2.19. The predicted molar refractivity (Wildman–Crippen MR) is 105 cm³/mol. The molecule has 3 N–H and O–H groups in total. The monoisotopic (exact) mass is 367 g/mol. The van der Waals surface area contributed by atoms with Gasteiger partial charge in [0.15, 0.2) is 5.96 Å². The standard InChI is InChI=1S/C19H37N5O2/c1-4-21-19(24-7-5-6-16(13-24)10-18(20)25)22-11-17-14-23(8-9-26-17)12-15(2)3/h15-17H,4-14H2,1-3H3,(H2,20,25)(H,21,22). The molecule has 2 unspecified atom stereocenters. The maximum atomic E-state index is 11.2. The van der Waals surface area contributed by atoms with E-state index in [2.05, 4.69) is 35.9 Å². The van der Waals surface area contributed by atoms with Gasteiger partial charge >= 0.3 is 0 Å². The Morgan fingerprint density at radius 2 is 2.15 bits per heavy atom. The molecule has 0 spiro atoms. The molecule has 7 heteroatoms. The zero-order valence-electron chi connectivity index (χ0n) is 16.7. The Hall–Kier alpha value is -1.34. The number of hydrogen-bond acceptors (Lipinski definition) is 4. The van der Waals surface area contributed by atoms with E-state index in [4.69, 9.17) is 15.5 Å². The van der Waals surface area contributed by atoms with Gasteiger partial charge in [0.05, 0.1) is 19.3 Å². The molecule has 2 aliphatic rings. The largest absolute Gasteiger partial charge is 0.374 e. The van der Waals surface area contributed by atoms with Gasteiger partial charge in [-0.1, -0.05) is 13.8 Å². The first-order chi connectivity index (χ1) is 12.5. The van der Waals surface area contributed by atoms with Crippen LogP contribution in [0.25, 0.3) is 0 Å². The average molecular weight is 368 g/mol. The summed E-state index contributed by atoms with van der Waals surface area (Å²) in [4.78, 5) is 20.8. The number of likely N-dealkylation sites (tertiary alicyclic amines) is 1. The summed E-state index contributed by atoms with van der Waals surface area (Å²) in [5.41, 5.74) is 5.38. The van der Waals surface area contributed by atoms with Gasteiger partial charge in [-0.15, -0.1) is 0 Å². The Balaban J connectivity index is 1.92. The number of carbonyl (C=O) groups excluding carboxylic acids is 1. The minimum atomic E-state index is -0.209. The van der Waals surface area contributed by atoms with Gasteiger partial charge in [-0.25, -0.2) is 0 Å². The van der Waals surface area contributed by atoms with E-state index in [0.717, 1.165) is 64.7 Å². The van der Waals surface area contributed by atoms with Gasteiger partial charge in [-0.3, -0.25) is 14.7 Å². The second-order valence-electron chi connectivity index (χ2n) is 7.97. The Bertz CT molecular complexity index is 469. The van der Waals surface area contributed by atoms with Gasteiger partial charge < -0.3 is 20.7 Å². The van der Waals surface area contributed by atoms with Gasteiger partial charge in [-0.2, -0.15) is 0 Å². The van der Waals surface area contributed by atoms with Crippen LogP contribution in [0.1, 0.15) is 40.0 Å². The molecule has 2 fully saturated rings. The van der Waals surface area contributed by atoms with Crippen LogP contribution < -0.4 is 11.1 Å². The smallest absolute Gasteiger partial charge is 0.217 e. The summed E-state index contributed by atoms with van der Waals surface area (Å²) in [6.07, 6.45) is 2.76. The first-order valence-corrected chi connectivity index (χ1v) is 10.1. The Morgan fingerprint density at radius 1 is 1.35 bits per heavy atom. The van der Waals surface area contributed by atoms with Crippen molar-refractivity contribution in [2.75, 3.05) is 52.4 Å². The second kappa shape index (κ2) is 10.7. The lowest BCUT2D eigenvalue weighted by Crippen LogP contribution is -2.48. The minimum absolute atomic E-state index is 0.155. The Morgan fingerprint density at radius 3 is 2.85 bits per heavy atom. The van der Waals surface area contributed by atoms with Crippen LogP contribution in [-0.2, 0) is 9.53 Å². The van der Waals surface area contributed by atoms with Crippen LogP contribution in [0.15, 0.2) is 4.99 Å². The normalized spacial score (nSPS) is 25.5. The van der Waals surface area contributed by atoms with Crippen molar-refractivity contribution in [3.05, 3.63) is 0 Å². The molecular formula is C19H37N5O2. The molecule has 0 bridgehead atoms. The van der Waals surface area contributed by atoms with Crippen LogP contribution in [0.3, 0.4) is 0 Å². The molecule has 0 aromatic heterocycles. The molecular weight excluding hydrogens is 330 g/mol. The fraction of sp³-hybridized carbons (Fsp3) is 0.895. The third kappa shape index (κ3) is 7.11. The van der Waals surface area contributed by atoms with E-state index < -0.39 is 0 Å². The molecule has 7 nitrogen and oxygen atoms in total. The Kier molecular flexibility index (Phi) is 8.65. The number of rotatable bonds is 7. The number of carbonyl (C=O) groups is 1. The predicted octanol–water partition coefficient (Wildman–Crippen LogP) is 0.896. The number of ether oxygens (including phenoxy) is 1. The summed E-state index contributed by atoms with van der Waals surface area (Å²) in [5, 5.41) is 3.40. The van der Waals surface area contributed by atoms with Gasteiger partial charge in [0.2, 0.25) is 5.91 Å². The quantitative estimate of drug-likeness (QED) is 0.516. The molecule has 2 atom stereocenters. The number of nitrogens with two attached hydrogens (primary N) is 1. The minimum Gasteiger partial charge on any atom is -0.374 e. The summed E-state index contributed by atoms with van der Waals surface area (Å²) >= 11 is 0. The number of amides is 1. The third-order valence-corrected chi connectivity index (χ3v) is 4.93. The number of nitrogens with one attached hydrogen (secondary N) is 1. The first kappa shape index (κ1) is 21.0. The third-order valence-electron chi connectivity index (χ3n) is 4.93. The molecule has 2 saturated heterocycles. The van der Waals surface area contributed by atoms with Gasteiger partial charge in [0, 0.05) is 45.7 Å². The van der Waals surface area contributed by atoms with Gasteiger partial charge in [0.1, 0.15) is 0 Å². The van der Waals surface area contributed by atoms with Crippen molar-refractivity contribution in [1.29, 1.82) is 0 Å². The molecule has 26 heavy (non-hydrogen) atoms. The fourth-order valence-corrected chi connectivity index (χ4v) is 3.90. The number of morpholine rings is 1. The van der Waals surface area contributed by atoms with E-state index in [1.165, 1.54) is 0 Å². The Labute approximate surface area is 158 Å². The molecule has 0 radical (unpaired) electrons. The van der Waals surface area contributed by atoms with Crippen molar-refractivity contribution in [2.24, 2.45) is 22.6 Å². The molecule has 0 aromatic rings. The summed E-state index contributed by atoms with van der Waals surface area (Å²) in [6, 6.07) is 0. The number of nitrogens with zero attached hydrogens (tertiary/aromatic N) is 3. The number of primary amides is 1. The van der Waals surface area contributed by atoms with Crippen molar-refractivity contribution in [3.63, 3.8) is 0 Å². The van der Waals surface area contributed by atoms with Crippen molar-refractivity contribution in [2.45, 2.75) is 46.1 Å². The van der Waals surface area contributed by atoms with Crippen LogP contribution in [0.5, 0.6) is 0 Å². The maximum absolute atomic E-state index is 11.2. The van der Waals surface area contributed by atoms with Crippen molar-refractivity contribution < 1.29 is 9.53 Å². The molecule has 2 aliphatic heterocycles. The molecule has 0 aromatic carbocycles. The fourth-order valence-electron chi connectivity index (χ4n) is 3.90. The molecule has 0 aliphatic carbocycles. The van der Waals surface area contributed by atoms with Gasteiger partial charge in [-0.05, 0) is 31.6 Å². The zero-order chi connectivity index (χ0) is 18.9. The van der Waals surface area contributed by atoms with E-state index >= 15 is 0 Å². The molecule has 2 heterocycles. The molecule has 150 valence electrons. The lowest BCUT2D eigenvalue weighted by molar-refractivity contribution is -0.119. The first-order valence-electron chi connectivity index (χ1n) is 10.1. The van der Waals surface area contributed by atoms with Crippen LogP contribution >= 0.6 is 0 Å². The average Bonchev–Trinajstić information content (AvgIpc) is 2.58. The summed E-state index contributed by atoms with van der Waals surface area (Å²) in [7, 11) is 0. The van der Waals surface area contributed by atoms with Crippen LogP contribution in [-0.4, -0.2) is 80.2 Å². The van der Waals surface area contributed by atoms with Crippen LogP contribution in [0, 0.1) is 11.8 Å². The van der Waals surface area contributed by atoms with E-state index in [-0.39, 0.29) is 12.0 Å². The van der Waals surface area contributed by atoms with Crippen molar-refractivity contribution in [3.8, 4) is 0 Å². The lowest BCUT2D eigenvalue weighted by Gasteiger charge is -2.36. The lowest BCUT2D eigenvalue weighted by atomic mass is 9.95. The summed E-state index contributed by atoms with van der Waals surface area (Å²) in [6.45, 7) is 13.8. The highest BCUT2D eigenvalue weighted by molar-refractivity contribution is 5.80. The van der Waals surface area contributed by atoms with Crippen LogP contribution in [0.2, 0.25) is 0 Å². The van der Waals surface area contributed by atoms with Crippen molar-refractivity contribution in [1.82, 2.24) is 15.1 Å². The number of hydrogen-bond donors (Lipinski definition) is 2. The van der Waals surface area contributed by atoms with Crippen molar-refractivity contribution >= 4 is 11.9 Å². The van der Waals surface area contributed by atoms with Crippen LogP contribution in [0.4, 0.5) is 0 Å². The van der Waals surface area contributed by atoms with Gasteiger partial charge in [0.25, 0.3) is 0 Å². The van der Waals surface area contributed by atoms with E-state index in [1.807, 2.05) is 0 Å². The zero-order valence-corrected chi connectivity index (χ0v) is 16.7. The molecule has 1 amide bonds. The summed E-state index contributed by atoms with van der Waals surface area (Å²) in [5.74, 6) is 1.73. The maximum Gasteiger partial charge on any atom is 0.217 e. The highest BCUT2D eigenvalue weighted by atomic mass is 16.5.